The second-order valence-corrected chi connectivity index (χ2v) is 0.671. The zero-order valence-corrected chi connectivity index (χ0v) is 9.79. The number of rotatable bonds is 0. The van der Waals surface area contributed by atoms with E-state index in [9.17, 15) is 0 Å². The zero-order chi connectivity index (χ0) is 8.12. The van der Waals surface area contributed by atoms with Crippen LogP contribution in [0, 0.1) is 40.4 Å². The maximum Gasteiger partial charge on any atom is 3.00 e. The molecule has 0 heterocycles. The van der Waals surface area contributed by atoms with Crippen molar-refractivity contribution in [1.82, 2.24) is 0 Å². The van der Waals surface area contributed by atoms with Gasteiger partial charge in [-0.25, -0.2) is 0 Å². The molecule has 0 amide bonds. The molecule has 0 aliphatic rings. The van der Waals surface area contributed by atoms with Crippen molar-refractivity contribution < 1.29 is 68.8 Å². The fourth-order valence-corrected chi connectivity index (χ4v) is 0. The van der Waals surface area contributed by atoms with Crippen molar-refractivity contribution in [2.24, 2.45) is 0 Å². The van der Waals surface area contributed by atoms with Gasteiger partial charge in [-0.15, -0.1) is 0 Å². The van der Waals surface area contributed by atoms with Crippen molar-refractivity contribution in [3.05, 3.63) is 0 Å². The van der Waals surface area contributed by atoms with Gasteiger partial charge in [0.25, 0.3) is 0 Å². The van der Waals surface area contributed by atoms with Crippen molar-refractivity contribution >= 4 is 26.1 Å². The van der Waals surface area contributed by atoms with Gasteiger partial charge in [-0.05, 0) is 0 Å². The van der Waals surface area contributed by atoms with Crippen LogP contribution >= 0.6 is 26.1 Å². The minimum absolute atomic E-state index is 0. The van der Waals surface area contributed by atoms with Crippen LogP contribution in [0.5, 0.6) is 0 Å². The largest absolute Gasteiger partial charge is 3.00 e. The molecule has 10 heavy (non-hydrogen) atoms. The Morgan fingerprint density at radius 1 is 0.700 bits per heavy atom. The van der Waals surface area contributed by atoms with E-state index in [0.717, 1.165) is 0 Å². The maximum absolute atomic E-state index is 8.35. The van der Waals surface area contributed by atoms with Crippen LogP contribution < -0.4 is 14.7 Å². The smallest absolute Gasteiger partial charge is 0.772 e. The van der Waals surface area contributed by atoms with Crippen LogP contribution in [0.25, 0.3) is 0 Å². The molecule has 0 radical (unpaired) electrons. The second kappa shape index (κ2) is 46.7. The zero-order valence-electron chi connectivity index (χ0n) is 4.24. The molecule has 0 saturated heterocycles. The molecule has 0 fully saturated rings. The molecule has 0 aliphatic heterocycles. The van der Waals surface area contributed by atoms with Gasteiger partial charge < -0.3 is 14.7 Å². The van der Waals surface area contributed by atoms with Gasteiger partial charge >= 0.3 is 40.4 Å². The molecule has 0 aliphatic carbocycles. The molecule has 0 atom stereocenters. The molecule has 0 saturated carbocycles. The first-order valence-electron chi connectivity index (χ1n) is 1.10. The van der Waals surface area contributed by atoms with Gasteiger partial charge in [0.2, 0.25) is 0 Å². The molecule has 0 rings (SSSR count). The van der Waals surface area contributed by atoms with Crippen molar-refractivity contribution in [1.29, 1.82) is 0 Å². The average Bonchev–Trinajstić information content (AvgIpc) is 1.70. The van der Waals surface area contributed by atoms with Crippen molar-refractivity contribution in [3.63, 3.8) is 0 Å². The van der Waals surface area contributed by atoms with E-state index in [4.69, 9.17) is 28.4 Å². The first-order chi connectivity index (χ1) is 4.24. The Hall–Kier alpha value is 1.52. The molecule has 6 nitrogen and oxygen atoms in total. The van der Waals surface area contributed by atoms with Crippen molar-refractivity contribution in [2.45, 2.75) is 0 Å². The van der Waals surface area contributed by atoms with Gasteiger partial charge in [0.05, 0.1) is 26.1 Å². The summed E-state index contributed by atoms with van der Waals surface area (Å²) in [5.74, 6) is 0. The first kappa shape index (κ1) is 22.5. The molecule has 10 heteroatoms. The SMILES string of the molecule is O=P[O-].O=P[O-].O=P[O-].[Pm+3]. The fraction of sp³-hybridized carbons (Fsp3) is 0. The summed E-state index contributed by atoms with van der Waals surface area (Å²) < 4.78 is 25.0. The topological polar surface area (TPSA) is 120 Å². The summed E-state index contributed by atoms with van der Waals surface area (Å²) in [6, 6.07) is 0. The van der Waals surface area contributed by atoms with Gasteiger partial charge in [0.15, 0.2) is 0 Å². The molecule has 0 spiro atoms. The summed E-state index contributed by atoms with van der Waals surface area (Å²) in [5.41, 5.74) is 0. The van der Waals surface area contributed by atoms with E-state index in [1.165, 1.54) is 0 Å². The molecule has 0 aromatic rings. The Labute approximate surface area is 94.0 Å². The van der Waals surface area contributed by atoms with Gasteiger partial charge in [-0.3, -0.25) is 13.7 Å². The fourth-order valence-electron chi connectivity index (χ4n) is 0. The Kier molecular flexibility index (Phi) is 105. The van der Waals surface area contributed by atoms with E-state index < -0.39 is 26.1 Å². The molecular weight excluding hydrogens is 334 g/mol. The molecule has 0 bridgehead atoms. The summed E-state index contributed by atoms with van der Waals surface area (Å²) in [4.78, 5) is 25.0. The van der Waals surface area contributed by atoms with Gasteiger partial charge in [-0.2, -0.15) is 0 Å². The number of hydrogen-bond donors (Lipinski definition) is 0. The Morgan fingerprint density at radius 3 is 0.700 bits per heavy atom. The average molecular weight is 334 g/mol. The molecule has 56 valence electrons. The van der Waals surface area contributed by atoms with E-state index in [-0.39, 0.29) is 40.4 Å². The van der Waals surface area contributed by atoms with Gasteiger partial charge in [0, 0.05) is 0 Å². The van der Waals surface area contributed by atoms with Crippen LogP contribution in [-0.2, 0) is 13.7 Å². The third kappa shape index (κ3) is 300. The van der Waals surface area contributed by atoms with Gasteiger partial charge in [-0.1, -0.05) is 0 Å². The second-order valence-electron chi connectivity index (χ2n) is 0.224. The van der Waals surface area contributed by atoms with E-state index in [2.05, 4.69) is 0 Å². The summed E-state index contributed by atoms with van der Waals surface area (Å²) in [6.07, 6.45) is 0. The standard InChI is InChI=1S/3HO2P.Pm/c3*1-3-2;/h3*(H,1,2);/q;;;+3/p-3. The molecule has 0 N–H and O–H groups in total. The molecule has 0 aromatic heterocycles. The normalized spacial score (nSPS) is 6.30. The minimum atomic E-state index is -1.08. The summed E-state index contributed by atoms with van der Waals surface area (Å²) in [6.45, 7) is 0. The Balaban J connectivity index is -0.0000000257. The Bertz CT molecular complexity index is 49.7. The quantitative estimate of drug-likeness (QED) is 0.506. The predicted octanol–water partition coefficient (Wildman–Crippen LogP) is -1.34. The minimum Gasteiger partial charge on any atom is -0.772 e. The predicted molar refractivity (Wildman–Crippen MR) is 22.8 cm³/mol. The third-order valence-electron chi connectivity index (χ3n) is 0. The third-order valence-corrected chi connectivity index (χ3v) is 0. The molecule has 0 aromatic carbocycles. The summed E-state index contributed by atoms with van der Waals surface area (Å²) in [7, 11) is -3.25. The monoisotopic (exact) mass is 334 g/mol. The van der Waals surface area contributed by atoms with Crippen LogP contribution in [0.15, 0.2) is 0 Å². The molecule has 0 unspecified atom stereocenters. The Morgan fingerprint density at radius 2 is 0.700 bits per heavy atom. The van der Waals surface area contributed by atoms with Crippen LogP contribution in [-0.4, -0.2) is 0 Å². The maximum atomic E-state index is 8.35. The van der Waals surface area contributed by atoms with E-state index in [1.54, 1.807) is 0 Å². The van der Waals surface area contributed by atoms with Gasteiger partial charge in [0.1, 0.15) is 0 Å². The summed E-state index contributed by atoms with van der Waals surface area (Å²) >= 11 is 0. The summed E-state index contributed by atoms with van der Waals surface area (Å²) in [5, 5.41) is 0. The number of hydrogen-bond acceptors (Lipinski definition) is 6. The van der Waals surface area contributed by atoms with Crippen LogP contribution in [0.3, 0.4) is 0 Å². The first-order valence-corrected chi connectivity index (χ1v) is 3.29. The van der Waals surface area contributed by atoms with Crippen LogP contribution in [0.2, 0.25) is 0 Å². The van der Waals surface area contributed by atoms with Crippen LogP contribution in [0.1, 0.15) is 0 Å². The van der Waals surface area contributed by atoms with E-state index >= 15 is 0 Å². The van der Waals surface area contributed by atoms with Crippen molar-refractivity contribution in [3.8, 4) is 0 Å². The van der Waals surface area contributed by atoms with Crippen LogP contribution in [0.4, 0.5) is 0 Å². The van der Waals surface area contributed by atoms with E-state index in [0.29, 0.717) is 0 Å². The molecular formula is O6P3Pm. The van der Waals surface area contributed by atoms with E-state index in [1.807, 2.05) is 0 Å². The van der Waals surface area contributed by atoms with Crippen molar-refractivity contribution in [2.75, 3.05) is 0 Å².